The van der Waals surface area contributed by atoms with E-state index in [1.165, 1.54) is 14.2 Å². The summed E-state index contributed by atoms with van der Waals surface area (Å²) in [6, 6.07) is 4.96. The van der Waals surface area contributed by atoms with Crippen molar-refractivity contribution >= 4 is 11.6 Å². The number of nitrogens with one attached hydrogen (secondary N) is 1. The molecule has 100 valence electrons. The van der Waals surface area contributed by atoms with Crippen LogP contribution in [0, 0.1) is 6.92 Å². The van der Waals surface area contributed by atoms with E-state index < -0.39 is 6.29 Å². The highest BCUT2D eigenvalue weighted by atomic mass is 16.7. The molecule has 0 aliphatic carbocycles. The molecule has 0 bridgehead atoms. The number of rotatable bonds is 5. The van der Waals surface area contributed by atoms with Gasteiger partial charge in [0.1, 0.15) is 0 Å². The SMILES string of the molecule is COC(OC)C(C)NC(=O)c1ccc(C)c(N)c1. The molecule has 0 radical (unpaired) electrons. The molecule has 0 spiro atoms. The third kappa shape index (κ3) is 3.45. The van der Waals surface area contributed by atoms with Gasteiger partial charge in [0.15, 0.2) is 6.29 Å². The number of amides is 1. The number of anilines is 1. The first-order valence-electron chi connectivity index (χ1n) is 5.72. The van der Waals surface area contributed by atoms with Crippen LogP contribution in [0.2, 0.25) is 0 Å². The highest BCUT2D eigenvalue weighted by Crippen LogP contribution is 2.13. The lowest BCUT2D eigenvalue weighted by Gasteiger charge is -2.22. The highest BCUT2D eigenvalue weighted by Gasteiger charge is 2.18. The average molecular weight is 252 g/mol. The van der Waals surface area contributed by atoms with Gasteiger partial charge >= 0.3 is 0 Å². The third-order valence-electron chi connectivity index (χ3n) is 2.77. The van der Waals surface area contributed by atoms with Crippen molar-refractivity contribution in [3.05, 3.63) is 29.3 Å². The first-order chi connectivity index (χ1) is 8.49. The zero-order valence-electron chi connectivity index (χ0n) is 11.2. The summed E-state index contributed by atoms with van der Waals surface area (Å²) < 4.78 is 10.2. The molecule has 0 saturated carbocycles. The van der Waals surface area contributed by atoms with Gasteiger partial charge in [-0.15, -0.1) is 0 Å². The maximum atomic E-state index is 12.0. The van der Waals surface area contributed by atoms with Crippen LogP contribution in [-0.2, 0) is 9.47 Å². The lowest BCUT2D eigenvalue weighted by atomic mass is 10.1. The number of aryl methyl sites for hydroxylation is 1. The summed E-state index contributed by atoms with van der Waals surface area (Å²) in [5.74, 6) is -0.201. The predicted octanol–water partition coefficient (Wildman–Crippen LogP) is 1.31. The fraction of sp³-hybridized carbons (Fsp3) is 0.462. The van der Waals surface area contributed by atoms with Gasteiger partial charge < -0.3 is 20.5 Å². The van der Waals surface area contributed by atoms with E-state index in [9.17, 15) is 4.79 Å². The minimum atomic E-state index is -0.475. The molecule has 18 heavy (non-hydrogen) atoms. The van der Waals surface area contributed by atoms with Gasteiger partial charge in [0, 0.05) is 25.5 Å². The van der Waals surface area contributed by atoms with Crippen LogP contribution < -0.4 is 11.1 Å². The zero-order chi connectivity index (χ0) is 13.7. The van der Waals surface area contributed by atoms with E-state index in [2.05, 4.69) is 5.32 Å². The molecule has 1 aromatic rings. The van der Waals surface area contributed by atoms with Crippen molar-refractivity contribution < 1.29 is 14.3 Å². The number of carbonyl (C=O) groups excluding carboxylic acids is 1. The number of hydrogen-bond donors (Lipinski definition) is 2. The van der Waals surface area contributed by atoms with Crippen molar-refractivity contribution in [3.63, 3.8) is 0 Å². The Morgan fingerprint density at radius 2 is 1.94 bits per heavy atom. The van der Waals surface area contributed by atoms with Gasteiger partial charge in [-0.2, -0.15) is 0 Å². The molecule has 1 rings (SSSR count). The predicted molar refractivity (Wildman–Crippen MR) is 70.3 cm³/mol. The fourth-order valence-electron chi connectivity index (χ4n) is 1.64. The molecular formula is C13H20N2O3. The zero-order valence-corrected chi connectivity index (χ0v) is 11.2. The Kier molecular flexibility index (Phi) is 5.12. The van der Waals surface area contributed by atoms with Crippen molar-refractivity contribution in [3.8, 4) is 0 Å². The number of benzene rings is 1. The van der Waals surface area contributed by atoms with Gasteiger partial charge in [-0.3, -0.25) is 4.79 Å². The number of carbonyl (C=O) groups is 1. The molecule has 1 amide bonds. The molecule has 5 nitrogen and oxygen atoms in total. The number of nitrogens with two attached hydrogens (primary N) is 1. The summed E-state index contributed by atoms with van der Waals surface area (Å²) in [5, 5.41) is 2.80. The first kappa shape index (κ1) is 14.5. The van der Waals surface area contributed by atoms with Crippen LogP contribution in [0.1, 0.15) is 22.8 Å². The largest absolute Gasteiger partial charge is 0.398 e. The van der Waals surface area contributed by atoms with Crippen molar-refractivity contribution in [2.75, 3.05) is 20.0 Å². The summed E-state index contributed by atoms with van der Waals surface area (Å²) in [6.07, 6.45) is -0.475. The van der Waals surface area contributed by atoms with Crippen molar-refractivity contribution in [1.29, 1.82) is 0 Å². The van der Waals surface area contributed by atoms with E-state index in [4.69, 9.17) is 15.2 Å². The second-order valence-corrected chi connectivity index (χ2v) is 4.17. The Morgan fingerprint density at radius 3 is 2.44 bits per heavy atom. The molecule has 0 fully saturated rings. The molecule has 1 atom stereocenters. The molecule has 1 aromatic carbocycles. The lowest BCUT2D eigenvalue weighted by molar-refractivity contribution is -0.117. The Labute approximate surface area is 107 Å². The summed E-state index contributed by atoms with van der Waals surface area (Å²) in [5.41, 5.74) is 7.85. The lowest BCUT2D eigenvalue weighted by Crippen LogP contribution is -2.42. The Bertz CT molecular complexity index is 417. The minimum absolute atomic E-state index is 0.201. The third-order valence-corrected chi connectivity index (χ3v) is 2.77. The molecule has 0 aromatic heterocycles. The summed E-state index contributed by atoms with van der Waals surface area (Å²) >= 11 is 0. The number of hydrogen-bond acceptors (Lipinski definition) is 4. The quantitative estimate of drug-likeness (QED) is 0.612. The van der Waals surface area contributed by atoms with E-state index in [0.29, 0.717) is 11.3 Å². The Hall–Kier alpha value is -1.59. The fourth-order valence-corrected chi connectivity index (χ4v) is 1.64. The van der Waals surface area contributed by atoms with E-state index in [1.54, 1.807) is 12.1 Å². The van der Waals surface area contributed by atoms with Crippen LogP contribution >= 0.6 is 0 Å². The van der Waals surface area contributed by atoms with Gasteiger partial charge in [0.2, 0.25) is 0 Å². The Balaban J connectivity index is 2.73. The molecule has 5 heteroatoms. The normalized spacial score (nSPS) is 12.5. The minimum Gasteiger partial charge on any atom is -0.398 e. The second-order valence-electron chi connectivity index (χ2n) is 4.17. The molecule has 3 N–H and O–H groups in total. The number of ether oxygens (including phenoxy) is 2. The highest BCUT2D eigenvalue weighted by molar-refractivity contribution is 5.95. The number of nitrogen functional groups attached to an aromatic ring is 1. The van der Waals surface area contributed by atoms with Gasteiger partial charge in [0.25, 0.3) is 5.91 Å². The molecular weight excluding hydrogens is 232 g/mol. The summed E-state index contributed by atoms with van der Waals surface area (Å²) in [6.45, 7) is 3.71. The van der Waals surface area contributed by atoms with E-state index in [-0.39, 0.29) is 11.9 Å². The average Bonchev–Trinajstić information content (AvgIpc) is 2.34. The molecule has 0 aliphatic heterocycles. The maximum absolute atomic E-state index is 12.0. The van der Waals surface area contributed by atoms with E-state index in [1.807, 2.05) is 19.9 Å². The van der Waals surface area contributed by atoms with Crippen LogP contribution in [0.4, 0.5) is 5.69 Å². The van der Waals surface area contributed by atoms with Gasteiger partial charge in [-0.05, 0) is 31.5 Å². The van der Waals surface area contributed by atoms with E-state index in [0.717, 1.165) is 5.56 Å². The monoisotopic (exact) mass is 252 g/mol. The molecule has 0 saturated heterocycles. The summed E-state index contributed by atoms with van der Waals surface area (Å²) in [7, 11) is 3.06. The van der Waals surface area contributed by atoms with E-state index >= 15 is 0 Å². The molecule has 0 aliphatic rings. The standard InChI is InChI=1S/C13H20N2O3/c1-8-5-6-10(7-11(8)14)12(16)15-9(2)13(17-3)18-4/h5-7,9,13H,14H2,1-4H3,(H,15,16). The van der Waals surface area contributed by atoms with Crippen LogP contribution in [0.25, 0.3) is 0 Å². The maximum Gasteiger partial charge on any atom is 0.251 e. The summed E-state index contributed by atoms with van der Waals surface area (Å²) in [4.78, 5) is 12.0. The Morgan fingerprint density at radius 1 is 1.33 bits per heavy atom. The second kappa shape index (κ2) is 6.37. The smallest absolute Gasteiger partial charge is 0.251 e. The number of methoxy groups -OCH3 is 2. The van der Waals surface area contributed by atoms with Gasteiger partial charge in [0.05, 0.1) is 6.04 Å². The van der Waals surface area contributed by atoms with Crippen molar-refractivity contribution in [2.45, 2.75) is 26.2 Å². The van der Waals surface area contributed by atoms with Crippen molar-refractivity contribution in [2.24, 2.45) is 0 Å². The first-order valence-corrected chi connectivity index (χ1v) is 5.72. The molecule has 0 heterocycles. The van der Waals surface area contributed by atoms with Crippen molar-refractivity contribution in [1.82, 2.24) is 5.32 Å². The molecule has 1 unspecified atom stereocenters. The van der Waals surface area contributed by atoms with Crippen LogP contribution in [0.15, 0.2) is 18.2 Å². The van der Waals surface area contributed by atoms with Crippen LogP contribution in [0.5, 0.6) is 0 Å². The van der Waals surface area contributed by atoms with Crippen LogP contribution in [-0.4, -0.2) is 32.5 Å². The topological polar surface area (TPSA) is 73.6 Å². The van der Waals surface area contributed by atoms with Crippen LogP contribution in [0.3, 0.4) is 0 Å². The van der Waals surface area contributed by atoms with Gasteiger partial charge in [-0.25, -0.2) is 0 Å². The van der Waals surface area contributed by atoms with Gasteiger partial charge in [-0.1, -0.05) is 6.07 Å².